The zero-order chi connectivity index (χ0) is 14.1. The van der Waals surface area contributed by atoms with Gasteiger partial charge in [-0.15, -0.1) is 0 Å². The van der Waals surface area contributed by atoms with E-state index in [0.29, 0.717) is 12.0 Å². The van der Waals surface area contributed by atoms with E-state index in [-0.39, 0.29) is 19.2 Å². The predicted molar refractivity (Wildman–Crippen MR) is 66.7 cm³/mol. The molecular formula is C12H20N2O4. The van der Waals surface area contributed by atoms with E-state index < -0.39 is 17.8 Å². The third kappa shape index (κ3) is 7.43. The molecule has 0 aromatic rings. The highest BCUT2D eigenvalue weighted by molar-refractivity contribution is 6.35. The van der Waals surface area contributed by atoms with E-state index in [1.165, 1.54) is 0 Å². The Balaban J connectivity index is 3.66. The van der Waals surface area contributed by atoms with Crippen molar-refractivity contribution in [1.82, 2.24) is 10.6 Å². The molecule has 0 rings (SSSR count). The van der Waals surface area contributed by atoms with Gasteiger partial charge in [0.2, 0.25) is 0 Å². The van der Waals surface area contributed by atoms with Crippen LogP contribution in [0.4, 0.5) is 0 Å². The highest BCUT2D eigenvalue weighted by Gasteiger charge is 2.13. The van der Waals surface area contributed by atoms with Gasteiger partial charge >= 0.3 is 17.8 Å². The molecule has 2 amide bonds. The summed E-state index contributed by atoms with van der Waals surface area (Å²) in [5.41, 5.74) is 0.329. The second-order valence-electron chi connectivity index (χ2n) is 4.15. The minimum atomic E-state index is -0.685. The molecule has 6 nitrogen and oxygen atoms in total. The molecule has 0 aliphatic heterocycles. The number of rotatable bonds is 6. The van der Waals surface area contributed by atoms with Crippen molar-refractivity contribution in [3.63, 3.8) is 0 Å². The quantitative estimate of drug-likeness (QED) is 0.306. The van der Waals surface area contributed by atoms with Gasteiger partial charge < -0.3 is 15.4 Å². The summed E-state index contributed by atoms with van der Waals surface area (Å²) in [5.74, 6) is -1.81. The van der Waals surface area contributed by atoms with Gasteiger partial charge in [-0.1, -0.05) is 6.58 Å². The monoisotopic (exact) mass is 256 g/mol. The number of ether oxygens (including phenoxy) is 1. The van der Waals surface area contributed by atoms with Crippen molar-refractivity contribution >= 4 is 17.8 Å². The maximum Gasteiger partial charge on any atom is 0.333 e. The van der Waals surface area contributed by atoms with E-state index in [0.717, 1.165) is 0 Å². The van der Waals surface area contributed by atoms with Crippen LogP contribution in [0.15, 0.2) is 12.2 Å². The minimum absolute atomic E-state index is 0.0835. The summed E-state index contributed by atoms with van der Waals surface area (Å²) in [4.78, 5) is 33.4. The first-order valence-corrected chi connectivity index (χ1v) is 5.76. The van der Waals surface area contributed by atoms with E-state index in [2.05, 4.69) is 17.2 Å². The zero-order valence-electron chi connectivity index (χ0n) is 11.0. The van der Waals surface area contributed by atoms with Crippen molar-refractivity contribution in [2.45, 2.75) is 33.2 Å². The molecule has 0 aliphatic carbocycles. The number of hydrogen-bond donors (Lipinski definition) is 2. The lowest BCUT2D eigenvalue weighted by molar-refractivity contribution is -0.140. The molecule has 0 radical (unpaired) electrons. The molecule has 18 heavy (non-hydrogen) atoms. The van der Waals surface area contributed by atoms with Crippen LogP contribution >= 0.6 is 0 Å². The first kappa shape index (κ1) is 16.1. The van der Waals surface area contributed by atoms with Crippen molar-refractivity contribution < 1.29 is 19.1 Å². The van der Waals surface area contributed by atoms with Gasteiger partial charge in [-0.05, 0) is 27.2 Å². The van der Waals surface area contributed by atoms with E-state index in [1.54, 1.807) is 20.8 Å². The third-order valence-corrected chi connectivity index (χ3v) is 1.81. The molecular weight excluding hydrogens is 236 g/mol. The van der Waals surface area contributed by atoms with Crippen molar-refractivity contribution in [3.05, 3.63) is 12.2 Å². The van der Waals surface area contributed by atoms with E-state index in [1.807, 2.05) is 0 Å². The van der Waals surface area contributed by atoms with Crippen molar-refractivity contribution in [2.75, 3.05) is 13.2 Å². The number of hydrogen-bond acceptors (Lipinski definition) is 4. The van der Waals surface area contributed by atoms with Crippen LogP contribution in [0.25, 0.3) is 0 Å². The second kappa shape index (κ2) is 8.27. The molecule has 0 atom stereocenters. The molecule has 0 aromatic carbocycles. The average Bonchev–Trinajstić information content (AvgIpc) is 2.26. The average molecular weight is 256 g/mol. The molecule has 0 aliphatic rings. The Morgan fingerprint density at radius 2 is 1.83 bits per heavy atom. The van der Waals surface area contributed by atoms with Crippen LogP contribution < -0.4 is 10.6 Å². The van der Waals surface area contributed by atoms with Crippen molar-refractivity contribution in [3.8, 4) is 0 Å². The van der Waals surface area contributed by atoms with Crippen LogP contribution in [0.2, 0.25) is 0 Å². The fraction of sp³-hybridized carbons (Fsp3) is 0.583. The summed E-state index contributed by atoms with van der Waals surface area (Å²) >= 11 is 0. The summed E-state index contributed by atoms with van der Waals surface area (Å²) < 4.78 is 4.82. The lowest BCUT2D eigenvalue weighted by Gasteiger charge is -2.08. The molecule has 0 saturated heterocycles. The van der Waals surface area contributed by atoms with E-state index >= 15 is 0 Å². The van der Waals surface area contributed by atoms with Gasteiger partial charge in [0.05, 0.1) is 6.61 Å². The van der Waals surface area contributed by atoms with Gasteiger partial charge in [-0.2, -0.15) is 0 Å². The maximum absolute atomic E-state index is 11.2. The number of amides is 2. The molecule has 0 unspecified atom stereocenters. The Morgan fingerprint density at radius 3 is 2.33 bits per heavy atom. The Bertz CT molecular complexity index is 337. The molecule has 0 heterocycles. The van der Waals surface area contributed by atoms with Crippen LogP contribution in [0, 0.1) is 0 Å². The van der Waals surface area contributed by atoms with Crippen molar-refractivity contribution in [1.29, 1.82) is 0 Å². The Labute approximate surface area is 107 Å². The molecule has 102 valence electrons. The van der Waals surface area contributed by atoms with Gasteiger partial charge in [-0.25, -0.2) is 4.79 Å². The molecule has 6 heteroatoms. The normalized spacial score (nSPS) is 9.78. The van der Waals surface area contributed by atoms with Gasteiger partial charge in [-0.3, -0.25) is 9.59 Å². The van der Waals surface area contributed by atoms with Crippen LogP contribution in [0.5, 0.6) is 0 Å². The molecule has 0 saturated carbocycles. The largest absolute Gasteiger partial charge is 0.462 e. The molecule has 0 fully saturated rings. The highest BCUT2D eigenvalue weighted by atomic mass is 16.5. The number of carbonyl (C=O) groups is 3. The molecule has 0 spiro atoms. The maximum atomic E-state index is 11.2. The van der Waals surface area contributed by atoms with Gasteiger partial charge in [0.1, 0.15) is 0 Å². The summed E-state index contributed by atoms with van der Waals surface area (Å²) in [5, 5.41) is 4.89. The van der Waals surface area contributed by atoms with Gasteiger partial charge in [0.25, 0.3) is 0 Å². The van der Waals surface area contributed by atoms with Gasteiger partial charge in [0.15, 0.2) is 0 Å². The van der Waals surface area contributed by atoms with Gasteiger partial charge in [0, 0.05) is 18.2 Å². The Kier molecular flexibility index (Phi) is 7.42. The smallest absolute Gasteiger partial charge is 0.333 e. The first-order chi connectivity index (χ1) is 8.34. The Morgan fingerprint density at radius 1 is 1.22 bits per heavy atom. The Hall–Kier alpha value is -1.85. The summed E-state index contributed by atoms with van der Waals surface area (Å²) in [6, 6.07) is -0.0835. The van der Waals surface area contributed by atoms with E-state index in [9.17, 15) is 14.4 Å². The molecule has 0 aromatic heterocycles. The van der Waals surface area contributed by atoms with Crippen LogP contribution in [-0.2, 0) is 19.1 Å². The number of carbonyl (C=O) groups excluding carboxylic acids is 3. The summed E-state index contributed by atoms with van der Waals surface area (Å²) in [6.07, 6.45) is 0.444. The molecule has 2 N–H and O–H groups in total. The van der Waals surface area contributed by atoms with Crippen LogP contribution in [0.1, 0.15) is 27.2 Å². The standard InChI is InChI=1S/C12H20N2O4/c1-8(2)12(17)18-7-5-6-13-10(15)11(16)14-9(3)4/h9H,1,5-7H2,2-4H3,(H,13,15)(H,14,16). The fourth-order valence-electron chi connectivity index (χ4n) is 0.970. The minimum Gasteiger partial charge on any atom is -0.462 e. The zero-order valence-corrected chi connectivity index (χ0v) is 11.0. The highest BCUT2D eigenvalue weighted by Crippen LogP contribution is 1.92. The predicted octanol–water partition coefficient (Wildman–Crippen LogP) is 0.137. The third-order valence-electron chi connectivity index (χ3n) is 1.81. The first-order valence-electron chi connectivity index (χ1n) is 5.76. The fourth-order valence-corrected chi connectivity index (χ4v) is 0.970. The van der Waals surface area contributed by atoms with Crippen LogP contribution in [-0.4, -0.2) is 37.0 Å². The van der Waals surface area contributed by atoms with Crippen molar-refractivity contribution in [2.24, 2.45) is 0 Å². The topological polar surface area (TPSA) is 84.5 Å². The SMILES string of the molecule is C=C(C)C(=O)OCCCNC(=O)C(=O)NC(C)C. The van der Waals surface area contributed by atoms with E-state index in [4.69, 9.17) is 4.74 Å². The molecule has 0 bridgehead atoms. The van der Waals surface area contributed by atoms with Crippen LogP contribution in [0.3, 0.4) is 0 Å². The lowest BCUT2D eigenvalue weighted by Crippen LogP contribution is -2.43. The second-order valence-corrected chi connectivity index (χ2v) is 4.15. The number of nitrogens with one attached hydrogen (secondary N) is 2. The summed E-state index contributed by atoms with van der Waals surface area (Å²) in [7, 11) is 0. The summed E-state index contributed by atoms with van der Waals surface area (Å²) in [6.45, 7) is 8.97. The lowest BCUT2D eigenvalue weighted by atomic mass is 10.3. The number of esters is 1.